The molecule has 0 aromatic carbocycles. The maximum absolute atomic E-state index is 12.3. The average molecular weight is 308 g/mol. The van der Waals surface area contributed by atoms with Gasteiger partial charge in [0.05, 0.1) is 31.6 Å². The number of β-amino-alcohol motifs (C(OH)–C–C–N with tert-alkyl or cyclic N) is 1. The van der Waals surface area contributed by atoms with Gasteiger partial charge in [-0.3, -0.25) is 14.4 Å². The van der Waals surface area contributed by atoms with Gasteiger partial charge in [-0.1, -0.05) is 0 Å². The summed E-state index contributed by atoms with van der Waals surface area (Å²) in [6.45, 7) is 6.96. The van der Waals surface area contributed by atoms with Gasteiger partial charge in [-0.2, -0.15) is 5.10 Å². The zero-order chi connectivity index (χ0) is 15.6. The van der Waals surface area contributed by atoms with Crippen molar-refractivity contribution in [2.75, 3.05) is 45.9 Å². The number of hydrogen-bond acceptors (Lipinski definition) is 5. The molecule has 7 nitrogen and oxygen atoms in total. The minimum atomic E-state index is -0.799. The van der Waals surface area contributed by atoms with E-state index in [1.54, 1.807) is 15.8 Å². The lowest BCUT2D eigenvalue weighted by atomic mass is 10.0. The molecule has 22 heavy (non-hydrogen) atoms. The fraction of sp³-hybridized carbons (Fsp3) is 0.733. The molecule has 0 unspecified atom stereocenters. The van der Waals surface area contributed by atoms with Crippen LogP contribution in [-0.4, -0.2) is 82.1 Å². The Hall–Kier alpha value is -1.44. The van der Waals surface area contributed by atoms with Gasteiger partial charge < -0.3 is 14.7 Å². The lowest BCUT2D eigenvalue weighted by molar-refractivity contribution is -0.132. The second kappa shape index (κ2) is 6.36. The predicted molar refractivity (Wildman–Crippen MR) is 80.4 cm³/mol. The van der Waals surface area contributed by atoms with E-state index >= 15 is 0 Å². The Balaban J connectivity index is 1.53. The molecular weight excluding hydrogens is 284 g/mol. The average Bonchev–Trinajstić information content (AvgIpc) is 3.06. The van der Waals surface area contributed by atoms with E-state index in [1.165, 1.54) is 0 Å². The highest BCUT2D eigenvalue weighted by Crippen LogP contribution is 2.23. The predicted octanol–water partition coefficient (Wildman–Crippen LogP) is -0.513. The molecular formula is C15H24N4O3. The number of aliphatic hydroxyl groups is 1. The van der Waals surface area contributed by atoms with Crippen LogP contribution in [0.25, 0.3) is 0 Å². The Morgan fingerprint density at radius 2 is 2.18 bits per heavy atom. The van der Waals surface area contributed by atoms with E-state index in [4.69, 9.17) is 4.74 Å². The first-order valence-electron chi connectivity index (χ1n) is 7.83. The number of rotatable bonds is 4. The maximum Gasteiger partial charge on any atom is 0.244 e. The first kappa shape index (κ1) is 15.5. The van der Waals surface area contributed by atoms with Crippen molar-refractivity contribution in [2.45, 2.75) is 25.5 Å². The van der Waals surface area contributed by atoms with Crippen LogP contribution >= 0.6 is 0 Å². The molecule has 2 aliphatic heterocycles. The smallest absolute Gasteiger partial charge is 0.244 e. The molecule has 1 N–H and O–H groups in total. The molecule has 1 aromatic rings. The number of ether oxygens (including phenoxy) is 1. The summed E-state index contributed by atoms with van der Waals surface area (Å²) >= 11 is 0. The van der Waals surface area contributed by atoms with Crippen molar-refractivity contribution in [3.8, 4) is 0 Å². The topological polar surface area (TPSA) is 70.8 Å². The monoisotopic (exact) mass is 308 g/mol. The Bertz CT molecular complexity index is 527. The van der Waals surface area contributed by atoms with Gasteiger partial charge in [-0.25, -0.2) is 0 Å². The van der Waals surface area contributed by atoms with Gasteiger partial charge in [0.2, 0.25) is 5.91 Å². The quantitative estimate of drug-likeness (QED) is 0.811. The van der Waals surface area contributed by atoms with Gasteiger partial charge in [0.25, 0.3) is 0 Å². The lowest BCUT2D eigenvalue weighted by Gasteiger charge is -2.33. The van der Waals surface area contributed by atoms with Gasteiger partial charge >= 0.3 is 0 Å². The van der Waals surface area contributed by atoms with Crippen molar-refractivity contribution in [1.29, 1.82) is 0 Å². The summed E-state index contributed by atoms with van der Waals surface area (Å²) in [7, 11) is 0. The molecule has 2 aliphatic rings. The molecule has 1 amide bonds. The van der Waals surface area contributed by atoms with Crippen molar-refractivity contribution in [3.05, 3.63) is 18.0 Å². The van der Waals surface area contributed by atoms with Crippen molar-refractivity contribution >= 4 is 5.91 Å². The third-order valence-electron chi connectivity index (χ3n) is 4.37. The van der Waals surface area contributed by atoms with Gasteiger partial charge in [0, 0.05) is 32.4 Å². The van der Waals surface area contributed by atoms with E-state index in [-0.39, 0.29) is 12.5 Å². The molecule has 0 radical (unpaired) electrons. The van der Waals surface area contributed by atoms with Crippen LogP contribution in [0.4, 0.5) is 0 Å². The van der Waals surface area contributed by atoms with Crippen LogP contribution < -0.4 is 0 Å². The summed E-state index contributed by atoms with van der Waals surface area (Å²) in [5, 5.41) is 14.9. The minimum absolute atomic E-state index is 0.0148. The molecule has 0 aliphatic carbocycles. The van der Waals surface area contributed by atoms with Crippen LogP contribution in [-0.2, 0) is 16.1 Å². The highest BCUT2D eigenvalue weighted by Gasteiger charge is 2.39. The molecule has 122 valence electrons. The first-order chi connectivity index (χ1) is 10.5. The minimum Gasteiger partial charge on any atom is -0.387 e. The van der Waals surface area contributed by atoms with Crippen molar-refractivity contribution in [2.24, 2.45) is 0 Å². The summed E-state index contributed by atoms with van der Waals surface area (Å²) in [4.78, 5) is 16.3. The van der Waals surface area contributed by atoms with Crippen LogP contribution in [0.2, 0.25) is 0 Å². The largest absolute Gasteiger partial charge is 0.387 e. The third kappa shape index (κ3) is 3.66. The molecule has 3 rings (SSSR count). The zero-order valence-corrected chi connectivity index (χ0v) is 13.1. The van der Waals surface area contributed by atoms with E-state index in [9.17, 15) is 9.90 Å². The molecule has 0 bridgehead atoms. The first-order valence-corrected chi connectivity index (χ1v) is 7.83. The van der Waals surface area contributed by atoms with E-state index in [0.29, 0.717) is 26.1 Å². The number of aromatic nitrogens is 2. The Labute approximate surface area is 130 Å². The van der Waals surface area contributed by atoms with E-state index in [1.807, 2.05) is 13.1 Å². The maximum atomic E-state index is 12.3. The SMILES string of the molecule is Cc1cnn(CC(=O)N2CC[C@@](O)(CN3CCOCC3)C2)c1. The van der Waals surface area contributed by atoms with Crippen molar-refractivity contribution in [1.82, 2.24) is 19.6 Å². The Morgan fingerprint density at radius 1 is 1.41 bits per heavy atom. The Morgan fingerprint density at radius 3 is 2.86 bits per heavy atom. The van der Waals surface area contributed by atoms with Crippen LogP contribution in [0, 0.1) is 6.92 Å². The van der Waals surface area contributed by atoms with Gasteiger partial charge in [0.15, 0.2) is 0 Å². The number of nitrogens with zero attached hydrogens (tertiary/aromatic N) is 4. The summed E-state index contributed by atoms with van der Waals surface area (Å²) in [6.07, 6.45) is 4.23. The van der Waals surface area contributed by atoms with Gasteiger partial charge in [-0.15, -0.1) is 0 Å². The summed E-state index contributed by atoms with van der Waals surface area (Å²) in [5.74, 6) is 0.0148. The fourth-order valence-corrected chi connectivity index (χ4v) is 3.17. The molecule has 1 aromatic heterocycles. The number of aryl methyl sites for hydroxylation is 1. The second-order valence-corrected chi connectivity index (χ2v) is 6.39. The van der Waals surface area contributed by atoms with Gasteiger partial charge in [0.1, 0.15) is 6.54 Å². The standard InChI is InChI=1S/C15H24N4O3/c1-13-8-16-19(9-13)10-14(20)18-3-2-15(21,12-18)11-17-4-6-22-7-5-17/h8-9,21H,2-7,10-12H2,1H3/t15-/m1/s1. The van der Waals surface area contributed by atoms with Crippen molar-refractivity contribution in [3.63, 3.8) is 0 Å². The molecule has 1 atom stereocenters. The molecule has 3 heterocycles. The summed E-state index contributed by atoms with van der Waals surface area (Å²) in [6, 6.07) is 0. The lowest BCUT2D eigenvalue weighted by Crippen LogP contribution is -2.49. The summed E-state index contributed by atoms with van der Waals surface area (Å²) in [5.41, 5.74) is 0.241. The van der Waals surface area contributed by atoms with Crippen LogP contribution in [0.3, 0.4) is 0 Å². The fourth-order valence-electron chi connectivity index (χ4n) is 3.17. The molecule has 2 fully saturated rings. The molecule has 7 heteroatoms. The highest BCUT2D eigenvalue weighted by atomic mass is 16.5. The van der Waals surface area contributed by atoms with Crippen LogP contribution in [0.1, 0.15) is 12.0 Å². The second-order valence-electron chi connectivity index (χ2n) is 6.39. The summed E-state index contributed by atoms with van der Waals surface area (Å²) < 4.78 is 6.98. The molecule has 0 spiro atoms. The van der Waals surface area contributed by atoms with E-state index in [2.05, 4.69) is 10.00 Å². The third-order valence-corrected chi connectivity index (χ3v) is 4.37. The Kier molecular flexibility index (Phi) is 4.46. The molecule has 0 saturated carbocycles. The molecule has 2 saturated heterocycles. The number of morpholine rings is 1. The van der Waals surface area contributed by atoms with Crippen molar-refractivity contribution < 1.29 is 14.6 Å². The number of carbonyl (C=O) groups is 1. The number of hydrogen-bond donors (Lipinski definition) is 1. The number of amides is 1. The van der Waals surface area contributed by atoms with E-state index < -0.39 is 5.60 Å². The highest BCUT2D eigenvalue weighted by molar-refractivity contribution is 5.76. The van der Waals surface area contributed by atoms with E-state index in [0.717, 1.165) is 31.9 Å². The van der Waals surface area contributed by atoms with Crippen LogP contribution in [0.15, 0.2) is 12.4 Å². The van der Waals surface area contributed by atoms with Crippen LogP contribution in [0.5, 0.6) is 0 Å². The van der Waals surface area contributed by atoms with Gasteiger partial charge in [-0.05, 0) is 18.9 Å². The number of likely N-dealkylation sites (tertiary alicyclic amines) is 1. The normalized spacial score (nSPS) is 26.5. The zero-order valence-electron chi connectivity index (χ0n) is 13.1. The number of carbonyl (C=O) groups excluding carboxylic acids is 1.